The van der Waals surface area contributed by atoms with Gasteiger partial charge in [-0.05, 0) is 29.3 Å². The van der Waals surface area contributed by atoms with Gasteiger partial charge in [-0.25, -0.2) is 4.39 Å². The summed E-state index contributed by atoms with van der Waals surface area (Å²) in [5.74, 6) is -1.08. The van der Waals surface area contributed by atoms with Crippen LogP contribution in [0.2, 0.25) is 5.02 Å². The van der Waals surface area contributed by atoms with Crippen LogP contribution in [-0.2, 0) is 11.9 Å². The molecule has 0 aliphatic heterocycles. The van der Waals surface area contributed by atoms with Crippen molar-refractivity contribution < 1.29 is 9.18 Å². The van der Waals surface area contributed by atoms with Gasteiger partial charge in [0.2, 0.25) is 0 Å². The molecule has 0 saturated heterocycles. The SMILES string of the molecule is O=C(NCc1ccc(CBr)cc1)c1ccc(Cl)cc1F. The highest BCUT2D eigenvalue weighted by molar-refractivity contribution is 9.08. The lowest BCUT2D eigenvalue weighted by atomic mass is 10.1. The lowest BCUT2D eigenvalue weighted by molar-refractivity contribution is 0.0947. The Morgan fingerprint density at radius 2 is 1.80 bits per heavy atom. The van der Waals surface area contributed by atoms with E-state index >= 15 is 0 Å². The average Bonchev–Trinajstić information content (AvgIpc) is 2.45. The fraction of sp³-hybridized carbons (Fsp3) is 0.133. The minimum atomic E-state index is -0.621. The number of amides is 1. The Kier molecular flexibility index (Phi) is 5.15. The highest BCUT2D eigenvalue weighted by Gasteiger charge is 2.11. The molecule has 1 N–H and O–H groups in total. The van der Waals surface area contributed by atoms with E-state index in [4.69, 9.17) is 11.6 Å². The van der Waals surface area contributed by atoms with Gasteiger partial charge < -0.3 is 5.32 Å². The van der Waals surface area contributed by atoms with Crippen LogP contribution in [-0.4, -0.2) is 5.91 Å². The summed E-state index contributed by atoms with van der Waals surface area (Å²) >= 11 is 9.01. The molecule has 0 heterocycles. The monoisotopic (exact) mass is 355 g/mol. The third-order valence-corrected chi connectivity index (χ3v) is 3.69. The molecule has 0 aliphatic rings. The molecule has 2 nitrogen and oxygen atoms in total. The minimum Gasteiger partial charge on any atom is -0.348 e. The minimum absolute atomic E-state index is 0.00789. The summed E-state index contributed by atoms with van der Waals surface area (Å²) in [7, 11) is 0. The Hall–Kier alpha value is -1.39. The third-order valence-electron chi connectivity index (χ3n) is 2.81. The molecular weight excluding hydrogens is 345 g/mol. The van der Waals surface area contributed by atoms with Crippen molar-refractivity contribution in [2.24, 2.45) is 0 Å². The predicted octanol–water partition coefficient (Wildman–Crippen LogP) is 4.30. The lowest BCUT2D eigenvalue weighted by Crippen LogP contribution is -2.23. The maximum absolute atomic E-state index is 13.6. The number of hydrogen-bond donors (Lipinski definition) is 1. The fourth-order valence-corrected chi connectivity index (χ4v) is 2.23. The number of carbonyl (C=O) groups excluding carboxylic acids is 1. The summed E-state index contributed by atoms with van der Waals surface area (Å²) in [5.41, 5.74) is 2.10. The standard InChI is InChI=1S/C15H12BrClFNO/c16-8-10-1-3-11(4-2-10)9-19-15(20)13-6-5-12(17)7-14(13)18/h1-7H,8-9H2,(H,19,20). The zero-order valence-electron chi connectivity index (χ0n) is 10.5. The van der Waals surface area contributed by atoms with Gasteiger partial charge in [0.1, 0.15) is 5.82 Å². The van der Waals surface area contributed by atoms with Crippen molar-refractivity contribution in [2.45, 2.75) is 11.9 Å². The summed E-state index contributed by atoms with van der Waals surface area (Å²) in [5, 5.41) is 3.73. The van der Waals surface area contributed by atoms with Crippen molar-refractivity contribution in [3.8, 4) is 0 Å². The molecule has 2 aromatic rings. The van der Waals surface area contributed by atoms with Crippen LogP contribution in [0.25, 0.3) is 0 Å². The predicted molar refractivity (Wildman–Crippen MR) is 81.7 cm³/mol. The number of rotatable bonds is 4. The van der Waals surface area contributed by atoms with Gasteiger partial charge in [0, 0.05) is 16.9 Å². The Morgan fingerprint density at radius 3 is 2.40 bits per heavy atom. The van der Waals surface area contributed by atoms with E-state index < -0.39 is 11.7 Å². The Labute approximate surface area is 130 Å². The summed E-state index contributed by atoms with van der Waals surface area (Å²) in [6.45, 7) is 0.351. The Bertz CT molecular complexity index is 616. The average molecular weight is 357 g/mol. The second-order valence-corrected chi connectivity index (χ2v) is 5.25. The highest BCUT2D eigenvalue weighted by Crippen LogP contribution is 2.14. The van der Waals surface area contributed by atoms with Crippen LogP contribution in [0.1, 0.15) is 21.5 Å². The first-order chi connectivity index (χ1) is 9.60. The molecule has 0 spiro atoms. The van der Waals surface area contributed by atoms with Gasteiger partial charge in [0.25, 0.3) is 5.91 Å². The third kappa shape index (κ3) is 3.81. The number of halogens is 3. The number of hydrogen-bond acceptors (Lipinski definition) is 1. The van der Waals surface area contributed by atoms with E-state index in [1.54, 1.807) is 0 Å². The Morgan fingerprint density at radius 1 is 1.15 bits per heavy atom. The first-order valence-electron chi connectivity index (χ1n) is 5.97. The zero-order chi connectivity index (χ0) is 14.5. The molecule has 1 amide bonds. The van der Waals surface area contributed by atoms with Crippen LogP contribution < -0.4 is 5.32 Å². The van der Waals surface area contributed by atoms with E-state index in [9.17, 15) is 9.18 Å². The topological polar surface area (TPSA) is 29.1 Å². The Balaban J connectivity index is 2.00. The van der Waals surface area contributed by atoms with E-state index in [1.807, 2.05) is 24.3 Å². The van der Waals surface area contributed by atoms with E-state index in [0.29, 0.717) is 6.54 Å². The molecule has 0 atom stereocenters. The van der Waals surface area contributed by atoms with Gasteiger partial charge in [-0.2, -0.15) is 0 Å². The lowest BCUT2D eigenvalue weighted by Gasteiger charge is -2.07. The molecule has 0 unspecified atom stereocenters. The maximum Gasteiger partial charge on any atom is 0.254 e. The number of carbonyl (C=O) groups is 1. The molecule has 0 aliphatic carbocycles. The van der Waals surface area contributed by atoms with E-state index in [0.717, 1.165) is 22.5 Å². The van der Waals surface area contributed by atoms with Crippen molar-refractivity contribution in [3.63, 3.8) is 0 Å². The van der Waals surface area contributed by atoms with Gasteiger partial charge in [0.05, 0.1) is 5.56 Å². The van der Waals surface area contributed by atoms with Crippen LogP contribution in [0.15, 0.2) is 42.5 Å². The fourth-order valence-electron chi connectivity index (χ4n) is 1.70. The van der Waals surface area contributed by atoms with Crippen molar-refractivity contribution in [2.75, 3.05) is 0 Å². The zero-order valence-corrected chi connectivity index (χ0v) is 12.8. The van der Waals surface area contributed by atoms with E-state index in [2.05, 4.69) is 21.2 Å². The normalized spacial score (nSPS) is 10.3. The van der Waals surface area contributed by atoms with E-state index in [-0.39, 0.29) is 10.6 Å². The van der Waals surface area contributed by atoms with Crippen LogP contribution in [0.5, 0.6) is 0 Å². The van der Waals surface area contributed by atoms with Gasteiger partial charge in [0.15, 0.2) is 0 Å². The van der Waals surface area contributed by atoms with Gasteiger partial charge in [-0.1, -0.05) is 51.8 Å². The van der Waals surface area contributed by atoms with Crippen LogP contribution in [0, 0.1) is 5.82 Å². The summed E-state index contributed by atoms with van der Waals surface area (Å²) in [6.07, 6.45) is 0. The van der Waals surface area contributed by atoms with E-state index in [1.165, 1.54) is 12.1 Å². The molecule has 2 aromatic carbocycles. The second kappa shape index (κ2) is 6.86. The number of alkyl halides is 1. The molecule has 0 aromatic heterocycles. The van der Waals surface area contributed by atoms with Crippen LogP contribution in [0.3, 0.4) is 0 Å². The molecule has 104 valence electrons. The maximum atomic E-state index is 13.6. The quantitative estimate of drug-likeness (QED) is 0.813. The summed E-state index contributed by atoms with van der Waals surface area (Å²) in [6, 6.07) is 11.8. The number of benzene rings is 2. The highest BCUT2D eigenvalue weighted by atomic mass is 79.9. The second-order valence-electron chi connectivity index (χ2n) is 4.26. The smallest absolute Gasteiger partial charge is 0.254 e. The largest absolute Gasteiger partial charge is 0.348 e. The summed E-state index contributed by atoms with van der Waals surface area (Å²) < 4.78 is 13.6. The molecule has 0 bridgehead atoms. The molecular formula is C15H12BrClFNO. The first-order valence-corrected chi connectivity index (χ1v) is 7.47. The molecule has 0 saturated carbocycles. The van der Waals surface area contributed by atoms with Crippen molar-refractivity contribution in [3.05, 3.63) is 70.0 Å². The van der Waals surface area contributed by atoms with Crippen molar-refractivity contribution >= 4 is 33.4 Å². The molecule has 0 radical (unpaired) electrons. The van der Waals surface area contributed by atoms with Crippen molar-refractivity contribution in [1.29, 1.82) is 0 Å². The number of nitrogens with one attached hydrogen (secondary N) is 1. The summed E-state index contributed by atoms with van der Waals surface area (Å²) in [4.78, 5) is 11.9. The van der Waals surface area contributed by atoms with Crippen LogP contribution in [0.4, 0.5) is 4.39 Å². The van der Waals surface area contributed by atoms with Gasteiger partial charge in [-0.3, -0.25) is 4.79 Å². The first kappa shape index (κ1) is 15.0. The van der Waals surface area contributed by atoms with Gasteiger partial charge >= 0.3 is 0 Å². The molecule has 0 fully saturated rings. The molecule has 2 rings (SSSR count). The van der Waals surface area contributed by atoms with Crippen molar-refractivity contribution in [1.82, 2.24) is 5.32 Å². The molecule has 5 heteroatoms. The van der Waals surface area contributed by atoms with Gasteiger partial charge in [-0.15, -0.1) is 0 Å². The van der Waals surface area contributed by atoms with Crippen LogP contribution >= 0.6 is 27.5 Å². The molecule has 20 heavy (non-hydrogen) atoms.